The zero-order valence-electron chi connectivity index (χ0n) is 8.18. The Hall–Kier alpha value is -0.340. The molecule has 13 heavy (non-hydrogen) atoms. The van der Waals surface area contributed by atoms with Crippen LogP contribution in [-0.2, 0) is 6.42 Å². The summed E-state index contributed by atoms with van der Waals surface area (Å²) in [7, 11) is 0. The standard InChI is InChI=1S/C11H17NS/c1-11(5-6-11)9-12-7-4-10-3-2-8-13-10/h2-3,8,12H,4-7,9H2,1H3. The molecule has 1 saturated carbocycles. The zero-order chi connectivity index (χ0) is 9.15. The van der Waals surface area contributed by atoms with E-state index in [2.05, 4.69) is 29.8 Å². The second kappa shape index (κ2) is 3.81. The average Bonchev–Trinajstić information content (AvgIpc) is 2.69. The lowest BCUT2D eigenvalue weighted by atomic mass is 10.1. The molecule has 2 heteroatoms. The van der Waals surface area contributed by atoms with Gasteiger partial charge in [0.2, 0.25) is 0 Å². The summed E-state index contributed by atoms with van der Waals surface area (Å²) >= 11 is 1.86. The third-order valence-electron chi connectivity index (χ3n) is 2.78. The molecule has 1 fully saturated rings. The summed E-state index contributed by atoms with van der Waals surface area (Å²) in [6.45, 7) is 4.71. The fraction of sp³-hybridized carbons (Fsp3) is 0.636. The van der Waals surface area contributed by atoms with Crippen LogP contribution in [0.3, 0.4) is 0 Å². The molecular weight excluding hydrogens is 178 g/mol. The van der Waals surface area contributed by atoms with E-state index < -0.39 is 0 Å². The normalized spacial score (nSPS) is 18.8. The lowest BCUT2D eigenvalue weighted by Crippen LogP contribution is -2.24. The molecule has 0 amide bonds. The molecule has 0 atom stereocenters. The van der Waals surface area contributed by atoms with Crippen LogP contribution in [0.15, 0.2) is 17.5 Å². The highest BCUT2D eigenvalue weighted by Gasteiger charge is 2.36. The first-order valence-electron chi connectivity index (χ1n) is 5.02. The molecule has 1 N–H and O–H groups in total. The highest BCUT2D eigenvalue weighted by Crippen LogP contribution is 2.43. The molecule has 0 radical (unpaired) electrons. The maximum atomic E-state index is 3.53. The van der Waals surface area contributed by atoms with Gasteiger partial charge in [0.15, 0.2) is 0 Å². The quantitative estimate of drug-likeness (QED) is 0.712. The fourth-order valence-corrected chi connectivity index (χ4v) is 2.16. The van der Waals surface area contributed by atoms with Gasteiger partial charge in [0.05, 0.1) is 0 Å². The summed E-state index contributed by atoms with van der Waals surface area (Å²) in [4.78, 5) is 1.49. The second-order valence-electron chi connectivity index (χ2n) is 4.32. The van der Waals surface area contributed by atoms with Crippen LogP contribution in [0.5, 0.6) is 0 Å². The van der Waals surface area contributed by atoms with E-state index >= 15 is 0 Å². The Bertz CT molecular complexity index is 249. The fourth-order valence-electron chi connectivity index (χ4n) is 1.45. The molecule has 1 aromatic heterocycles. The van der Waals surface area contributed by atoms with Gasteiger partial charge in [0.1, 0.15) is 0 Å². The van der Waals surface area contributed by atoms with Crippen molar-refractivity contribution in [2.24, 2.45) is 5.41 Å². The molecule has 0 unspecified atom stereocenters. The molecule has 1 aliphatic rings. The summed E-state index contributed by atoms with van der Waals surface area (Å²) in [5.41, 5.74) is 0.648. The minimum absolute atomic E-state index is 0.648. The van der Waals surface area contributed by atoms with Gasteiger partial charge in [-0.15, -0.1) is 11.3 Å². The predicted octanol–water partition coefficient (Wildman–Crippen LogP) is 2.68. The first-order chi connectivity index (χ1) is 6.29. The summed E-state index contributed by atoms with van der Waals surface area (Å²) in [5, 5.41) is 5.68. The highest BCUT2D eigenvalue weighted by molar-refractivity contribution is 7.09. The molecule has 0 aliphatic heterocycles. The van der Waals surface area contributed by atoms with E-state index in [1.54, 1.807) is 0 Å². The molecular formula is C11H17NS. The molecule has 72 valence electrons. The van der Waals surface area contributed by atoms with Crippen molar-refractivity contribution in [1.82, 2.24) is 5.32 Å². The third-order valence-corrected chi connectivity index (χ3v) is 3.72. The Morgan fingerprint density at radius 1 is 1.54 bits per heavy atom. The first kappa shape index (κ1) is 9.22. The van der Waals surface area contributed by atoms with Crippen molar-refractivity contribution in [3.8, 4) is 0 Å². The average molecular weight is 195 g/mol. The van der Waals surface area contributed by atoms with Gasteiger partial charge in [-0.05, 0) is 42.7 Å². The Kier molecular flexibility index (Phi) is 2.70. The summed E-state index contributed by atoms with van der Waals surface area (Å²) in [6, 6.07) is 4.34. The molecule has 2 rings (SSSR count). The monoisotopic (exact) mass is 195 g/mol. The van der Waals surface area contributed by atoms with E-state index in [9.17, 15) is 0 Å². The molecule has 1 aliphatic carbocycles. The highest BCUT2D eigenvalue weighted by atomic mass is 32.1. The van der Waals surface area contributed by atoms with E-state index in [1.165, 1.54) is 30.7 Å². The van der Waals surface area contributed by atoms with E-state index in [1.807, 2.05) is 11.3 Å². The lowest BCUT2D eigenvalue weighted by Gasteiger charge is -2.08. The van der Waals surface area contributed by atoms with Gasteiger partial charge in [-0.2, -0.15) is 0 Å². The van der Waals surface area contributed by atoms with E-state index in [0.717, 1.165) is 6.54 Å². The van der Waals surface area contributed by atoms with E-state index in [4.69, 9.17) is 0 Å². The van der Waals surface area contributed by atoms with Crippen molar-refractivity contribution in [2.75, 3.05) is 13.1 Å². The van der Waals surface area contributed by atoms with Gasteiger partial charge < -0.3 is 5.32 Å². The van der Waals surface area contributed by atoms with E-state index in [0.29, 0.717) is 5.41 Å². The molecule has 0 spiro atoms. The van der Waals surface area contributed by atoms with Crippen LogP contribution in [0.25, 0.3) is 0 Å². The van der Waals surface area contributed by atoms with Crippen LogP contribution in [0.4, 0.5) is 0 Å². The SMILES string of the molecule is CC1(CNCCc2cccs2)CC1. The molecule has 1 heterocycles. The van der Waals surface area contributed by atoms with Crippen LogP contribution in [0.2, 0.25) is 0 Å². The Morgan fingerprint density at radius 2 is 2.38 bits per heavy atom. The van der Waals surface area contributed by atoms with Gasteiger partial charge in [-0.1, -0.05) is 13.0 Å². The minimum atomic E-state index is 0.648. The van der Waals surface area contributed by atoms with Crippen LogP contribution < -0.4 is 5.32 Å². The second-order valence-corrected chi connectivity index (χ2v) is 5.35. The first-order valence-corrected chi connectivity index (χ1v) is 5.90. The van der Waals surface area contributed by atoms with Crippen LogP contribution >= 0.6 is 11.3 Å². The van der Waals surface area contributed by atoms with Crippen LogP contribution in [0, 0.1) is 5.41 Å². The maximum absolute atomic E-state index is 3.53. The van der Waals surface area contributed by atoms with Crippen molar-refractivity contribution in [1.29, 1.82) is 0 Å². The molecule has 1 aromatic rings. The Morgan fingerprint density at radius 3 is 3.00 bits per heavy atom. The zero-order valence-corrected chi connectivity index (χ0v) is 8.99. The predicted molar refractivity (Wildman–Crippen MR) is 58.2 cm³/mol. The number of hydrogen-bond acceptors (Lipinski definition) is 2. The van der Waals surface area contributed by atoms with Crippen LogP contribution in [0.1, 0.15) is 24.6 Å². The van der Waals surface area contributed by atoms with Gasteiger partial charge >= 0.3 is 0 Å². The summed E-state index contributed by atoms with van der Waals surface area (Å²) < 4.78 is 0. The Labute approximate surface area is 84.2 Å². The van der Waals surface area contributed by atoms with E-state index in [-0.39, 0.29) is 0 Å². The van der Waals surface area contributed by atoms with Gasteiger partial charge in [0.25, 0.3) is 0 Å². The molecule has 0 aromatic carbocycles. The van der Waals surface area contributed by atoms with Crippen molar-refractivity contribution >= 4 is 11.3 Å². The van der Waals surface area contributed by atoms with Crippen molar-refractivity contribution in [3.05, 3.63) is 22.4 Å². The van der Waals surface area contributed by atoms with Crippen molar-refractivity contribution in [2.45, 2.75) is 26.2 Å². The number of nitrogens with one attached hydrogen (secondary N) is 1. The van der Waals surface area contributed by atoms with Crippen molar-refractivity contribution < 1.29 is 0 Å². The smallest absolute Gasteiger partial charge is 0.00578 e. The van der Waals surface area contributed by atoms with Crippen molar-refractivity contribution in [3.63, 3.8) is 0 Å². The molecule has 0 bridgehead atoms. The summed E-state index contributed by atoms with van der Waals surface area (Å²) in [6.07, 6.45) is 4.02. The number of rotatable bonds is 5. The maximum Gasteiger partial charge on any atom is 0.00578 e. The van der Waals surface area contributed by atoms with Gasteiger partial charge in [-0.25, -0.2) is 0 Å². The lowest BCUT2D eigenvalue weighted by molar-refractivity contribution is 0.503. The summed E-state index contributed by atoms with van der Waals surface area (Å²) in [5.74, 6) is 0. The largest absolute Gasteiger partial charge is 0.316 e. The molecule has 0 saturated heterocycles. The third kappa shape index (κ3) is 2.82. The Balaban J connectivity index is 1.59. The number of hydrogen-bond donors (Lipinski definition) is 1. The molecule has 1 nitrogen and oxygen atoms in total. The minimum Gasteiger partial charge on any atom is -0.316 e. The topological polar surface area (TPSA) is 12.0 Å². The van der Waals surface area contributed by atoms with Gasteiger partial charge in [0, 0.05) is 11.4 Å². The van der Waals surface area contributed by atoms with Gasteiger partial charge in [-0.3, -0.25) is 0 Å². The van der Waals surface area contributed by atoms with Crippen LogP contribution in [-0.4, -0.2) is 13.1 Å². The number of thiophene rings is 1.